The van der Waals surface area contributed by atoms with E-state index in [1.807, 2.05) is 0 Å². The van der Waals surface area contributed by atoms with Crippen LogP contribution < -0.4 is 4.74 Å². The van der Waals surface area contributed by atoms with Crippen LogP contribution in [-0.2, 0) is 14.4 Å². The summed E-state index contributed by atoms with van der Waals surface area (Å²) in [4.78, 5) is 28.1. The average Bonchev–Trinajstić information content (AvgIpc) is 2.85. The van der Waals surface area contributed by atoms with E-state index in [9.17, 15) is 9.59 Å². The fourth-order valence-electron chi connectivity index (χ4n) is 1.62. The minimum absolute atomic E-state index is 0.0189. The van der Waals surface area contributed by atoms with Gasteiger partial charge in [0.1, 0.15) is 5.75 Å². The van der Waals surface area contributed by atoms with Crippen molar-refractivity contribution in [3.8, 4) is 5.75 Å². The molecule has 0 aliphatic carbocycles. The summed E-state index contributed by atoms with van der Waals surface area (Å²) in [5.41, 5.74) is 0. The van der Waals surface area contributed by atoms with Gasteiger partial charge in [0.25, 0.3) is 0 Å². The van der Waals surface area contributed by atoms with Gasteiger partial charge in [-0.25, -0.2) is 4.79 Å². The van der Waals surface area contributed by atoms with Crippen molar-refractivity contribution in [3.63, 3.8) is 0 Å². The van der Waals surface area contributed by atoms with Gasteiger partial charge in [0.05, 0.1) is 14.2 Å². The molecule has 1 aliphatic rings. The highest BCUT2D eigenvalue weighted by molar-refractivity contribution is 5.85. The van der Waals surface area contributed by atoms with Crippen molar-refractivity contribution in [2.75, 3.05) is 14.2 Å². The van der Waals surface area contributed by atoms with Gasteiger partial charge in [-0.05, 0) is 12.1 Å². The van der Waals surface area contributed by atoms with Gasteiger partial charge in [-0.2, -0.15) is 10.1 Å². The number of hydrogen-bond acceptors (Lipinski definition) is 7. The van der Waals surface area contributed by atoms with Crippen LogP contribution in [-0.4, -0.2) is 48.9 Å². The Kier molecular flexibility index (Phi) is 4.16. The second-order valence-corrected chi connectivity index (χ2v) is 3.67. The van der Waals surface area contributed by atoms with Crippen LogP contribution in [0.15, 0.2) is 35.4 Å². The predicted octanol–water partition coefficient (Wildman–Crippen LogP) is 0.807. The fraction of sp³-hybridized carbons (Fsp3) is 0.250. The molecule has 0 radical (unpaired) electrons. The Bertz CT molecular complexity index is 519. The number of rotatable bonds is 3. The third-order valence-corrected chi connectivity index (χ3v) is 2.51. The second-order valence-electron chi connectivity index (χ2n) is 3.67. The summed E-state index contributed by atoms with van der Waals surface area (Å²) in [7, 11) is 2.68. The van der Waals surface area contributed by atoms with Crippen LogP contribution in [0.2, 0.25) is 0 Å². The smallest absolute Gasteiger partial charge is 0.438 e. The second kappa shape index (κ2) is 6.02. The van der Waals surface area contributed by atoms with Gasteiger partial charge in [-0.15, -0.1) is 5.10 Å². The van der Waals surface area contributed by atoms with Crippen molar-refractivity contribution < 1.29 is 23.9 Å². The van der Waals surface area contributed by atoms with E-state index in [1.54, 1.807) is 30.3 Å². The lowest BCUT2D eigenvalue weighted by Crippen LogP contribution is -2.45. The van der Waals surface area contributed by atoms with Crippen LogP contribution >= 0.6 is 0 Å². The number of carbonyl (C=O) groups is 2. The van der Waals surface area contributed by atoms with Crippen molar-refractivity contribution in [1.82, 2.24) is 10.1 Å². The molecule has 8 nitrogen and oxygen atoms in total. The van der Waals surface area contributed by atoms with E-state index in [0.717, 1.165) is 10.1 Å². The fourth-order valence-corrected chi connectivity index (χ4v) is 1.62. The van der Waals surface area contributed by atoms with E-state index in [1.165, 1.54) is 14.2 Å². The molecule has 20 heavy (non-hydrogen) atoms. The summed E-state index contributed by atoms with van der Waals surface area (Å²) in [6.07, 6.45) is -1.40. The minimum Gasteiger partial charge on any atom is -0.466 e. The van der Waals surface area contributed by atoms with E-state index in [0.29, 0.717) is 12.0 Å². The molecule has 0 saturated heterocycles. The van der Waals surface area contributed by atoms with E-state index >= 15 is 0 Å². The van der Waals surface area contributed by atoms with Crippen molar-refractivity contribution in [2.45, 2.75) is 6.17 Å². The molecule has 1 aromatic carbocycles. The SMILES string of the molecule is COC1=NN(C(=O)Oc2ccccc2)C(C=O)N1OC. The van der Waals surface area contributed by atoms with Gasteiger partial charge in [-0.3, -0.25) is 9.63 Å². The summed E-state index contributed by atoms with van der Waals surface area (Å²) in [5, 5.41) is 5.72. The largest absolute Gasteiger partial charge is 0.466 e. The summed E-state index contributed by atoms with van der Waals surface area (Å²) in [5.74, 6) is 0.340. The third-order valence-electron chi connectivity index (χ3n) is 2.51. The first-order valence-corrected chi connectivity index (χ1v) is 5.68. The molecular weight excluding hydrogens is 266 g/mol. The lowest BCUT2D eigenvalue weighted by Gasteiger charge is -2.22. The van der Waals surface area contributed by atoms with Crippen LogP contribution in [0.25, 0.3) is 0 Å². The molecule has 1 aliphatic heterocycles. The van der Waals surface area contributed by atoms with Gasteiger partial charge in [0.2, 0.25) is 6.17 Å². The number of aldehydes is 1. The highest BCUT2D eigenvalue weighted by atomic mass is 16.7. The number of para-hydroxylation sites is 1. The summed E-state index contributed by atoms with van der Waals surface area (Å²) in [6.45, 7) is 0. The van der Waals surface area contributed by atoms with Gasteiger partial charge in [0, 0.05) is 0 Å². The maximum Gasteiger partial charge on any atom is 0.438 e. The molecule has 106 valence electrons. The molecule has 1 amide bonds. The predicted molar refractivity (Wildman–Crippen MR) is 67.4 cm³/mol. The normalized spacial score (nSPS) is 17.7. The molecule has 0 spiro atoms. The lowest BCUT2D eigenvalue weighted by atomic mass is 10.3. The zero-order valence-corrected chi connectivity index (χ0v) is 10.9. The molecule has 1 aromatic rings. The van der Waals surface area contributed by atoms with Gasteiger partial charge < -0.3 is 9.47 Å². The Morgan fingerprint density at radius 1 is 1.30 bits per heavy atom. The highest BCUT2D eigenvalue weighted by Gasteiger charge is 2.40. The Hall–Kier alpha value is -2.61. The Morgan fingerprint density at radius 2 is 2.00 bits per heavy atom. The zero-order valence-electron chi connectivity index (χ0n) is 10.9. The maximum atomic E-state index is 12.0. The third kappa shape index (κ3) is 2.54. The monoisotopic (exact) mass is 279 g/mol. The standard InChI is InChI=1S/C12H13N3O5/c1-18-11-13-14(10(8-16)15(11)19-2)12(17)20-9-6-4-3-5-7-9/h3-8,10H,1-2H3. The first-order chi connectivity index (χ1) is 9.71. The molecule has 1 heterocycles. The van der Waals surface area contributed by atoms with Crippen molar-refractivity contribution in [2.24, 2.45) is 5.10 Å². The average molecular weight is 279 g/mol. The molecule has 0 aromatic heterocycles. The molecule has 0 fully saturated rings. The number of methoxy groups -OCH3 is 1. The van der Waals surface area contributed by atoms with Crippen LogP contribution in [0.5, 0.6) is 5.75 Å². The molecule has 1 unspecified atom stereocenters. The molecular formula is C12H13N3O5. The number of hydroxylamine groups is 2. The topological polar surface area (TPSA) is 80.7 Å². The minimum atomic E-state index is -1.08. The van der Waals surface area contributed by atoms with Crippen LogP contribution in [0.1, 0.15) is 0 Å². The van der Waals surface area contributed by atoms with E-state index in [-0.39, 0.29) is 6.02 Å². The van der Waals surface area contributed by atoms with Crippen LogP contribution in [0, 0.1) is 0 Å². The summed E-state index contributed by atoms with van der Waals surface area (Å²) < 4.78 is 10.0. The first kappa shape index (κ1) is 13.8. The molecule has 2 rings (SSSR count). The number of ether oxygens (including phenoxy) is 2. The van der Waals surface area contributed by atoms with E-state index in [4.69, 9.17) is 14.3 Å². The summed E-state index contributed by atoms with van der Waals surface area (Å²) in [6, 6.07) is 8.42. The van der Waals surface area contributed by atoms with E-state index < -0.39 is 12.3 Å². The summed E-state index contributed by atoms with van der Waals surface area (Å²) >= 11 is 0. The van der Waals surface area contributed by atoms with Gasteiger partial charge in [-0.1, -0.05) is 18.2 Å². The lowest BCUT2D eigenvalue weighted by molar-refractivity contribution is -0.145. The zero-order chi connectivity index (χ0) is 14.5. The quantitative estimate of drug-likeness (QED) is 0.761. The number of nitrogens with zero attached hydrogens (tertiary/aromatic N) is 3. The number of hydrogen-bond donors (Lipinski definition) is 0. The number of hydrazone groups is 1. The number of amidine groups is 1. The van der Waals surface area contributed by atoms with Gasteiger partial charge in [0.15, 0.2) is 6.29 Å². The highest BCUT2D eigenvalue weighted by Crippen LogP contribution is 2.18. The molecule has 0 saturated carbocycles. The molecule has 0 bridgehead atoms. The maximum absolute atomic E-state index is 12.0. The van der Waals surface area contributed by atoms with Crippen molar-refractivity contribution in [3.05, 3.63) is 30.3 Å². The Morgan fingerprint density at radius 3 is 2.55 bits per heavy atom. The van der Waals surface area contributed by atoms with Crippen LogP contribution in [0.3, 0.4) is 0 Å². The van der Waals surface area contributed by atoms with Gasteiger partial charge >= 0.3 is 12.1 Å². The van der Waals surface area contributed by atoms with Crippen molar-refractivity contribution >= 4 is 18.4 Å². The Labute approximate surface area is 115 Å². The molecule has 0 N–H and O–H groups in total. The van der Waals surface area contributed by atoms with Crippen molar-refractivity contribution in [1.29, 1.82) is 0 Å². The number of benzene rings is 1. The molecule has 1 atom stereocenters. The van der Waals surface area contributed by atoms with E-state index in [2.05, 4.69) is 5.10 Å². The number of amides is 1. The Balaban J connectivity index is 2.16. The number of carbonyl (C=O) groups excluding carboxylic acids is 2. The first-order valence-electron chi connectivity index (χ1n) is 5.68. The van der Waals surface area contributed by atoms with Crippen LogP contribution in [0.4, 0.5) is 4.79 Å². The molecule has 8 heteroatoms.